The highest BCUT2D eigenvalue weighted by Gasteiger charge is 2.32. The maximum atomic E-state index is 12.4. The number of alkyl halides is 3. The number of hydrogen-bond acceptors (Lipinski definition) is 1. The number of benzene rings is 1. The summed E-state index contributed by atoms with van der Waals surface area (Å²) < 4.78 is 37.2. The van der Waals surface area contributed by atoms with Crippen molar-refractivity contribution in [3.63, 3.8) is 0 Å². The van der Waals surface area contributed by atoms with Gasteiger partial charge in [-0.15, -0.1) is 0 Å². The van der Waals surface area contributed by atoms with Crippen LogP contribution in [0.2, 0.25) is 0 Å². The van der Waals surface area contributed by atoms with Crippen LogP contribution in [0.4, 0.5) is 13.2 Å². The van der Waals surface area contributed by atoms with E-state index in [2.05, 4.69) is 0 Å². The molecule has 0 fully saturated rings. The zero-order valence-corrected chi connectivity index (χ0v) is 7.56. The second kappa shape index (κ2) is 3.82. The van der Waals surface area contributed by atoms with E-state index in [1.807, 2.05) is 0 Å². The zero-order valence-electron chi connectivity index (χ0n) is 7.56. The number of rotatable bonds is 2. The average molecular weight is 202 g/mol. The monoisotopic (exact) mass is 202 g/mol. The lowest BCUT2D eigenvalue weighted by Crippen LogP contribution is -2.10. The number of ketones is 1. The molecule has 0 saturated heterocycles. The summed E-state index contributed by atoms with van der Waals surface area (Å²) in [6, 6.07) is 5.11. The molecule has 0 aliphatic heterocycles. The van der Waals surface area contributed by atoms with Crippen LogP contribution in [0.5, 0.6) is 0 Å². The minimum atomic E-state index is -4.38. The molecule has 0 atom stereocenters. The molecule has 0 N–H and O–H groups in total. The lowest BCUT2D eigenvalue weighted by Gasteiger charge is -2.10. The topological polar surface area (TPSA) is 17.1 Å². The van der Waals surface area contributed by atoms with Gasteiger partial charge in [0.05, 0.1) is 5.56 Å². The normalized spacial score (nSPS) is 11.4. The summed E-state index contributed by atoms with van der Waals surface area (Å²) in [5.41, 5.74) is -0.692. The number of hydrogen-bond donors (Lipinski definition) is 0. The molecule has 0 spiro atoms. The van der Waals surface area contributed by atoms with Crippen molar-refractivity contribution in [1.82, 2.24) is 0 Å². The lowest BCUT2D eigenvalue weighted by molar-refractivity contribution is -0.138. The van der Waals surface area contributed by atoms with Crippen LogP contribution in [0.15, 0.2) is 24.3 Å². The summed E-state index contributed by atoms with van der Waals surface area (Å²) in [4.78, 5) is 10.7. The molecule has 0 aromatic heterocycles. The summed E-state index contributed by atoms with van der Waals surface area (Å²) in [6.45, 7) is 1.27. The molecule has 1 rings (SSSR count). The van der Waals surface area contributed by atoms with E-state index in [-0.39, 0.29) is 17.8 Å². The number of carbonyl (C=O) groups is 1. The predicted molar refractivity (Wildman–Crippen MR) is 45.8 cm³/mol. The van der Waals surface area contributed by atoms with Crippen LogP contribution in [0.3, 0.4) is 0 Å². The van der Waals surface area contributed by atoms with Crippen LogP contribution in [0, 0.1) is 0 Å². The molecule has 0 aliphatic carbocycles. The van der Waals surface area contributed by atoms with Gasteiger partial charge in [0.2, 0.25) is 0 Å². The first-order valence-electron chi connectivity index (χ1n) is 4.06. The molecule has 14 heavy (non-hydrogen) atoms. The Balaban J connectivity index is 3.10. The van der Waals surface area contributed by atoms with Crippen molar-refractivity contribution in [2.24, 2.45) is 0 Å². The Morgan fingerprint density at radius 3 is 2.36 bits per heavy atom. The first-order valence-corrected chi connectivity index (χ1v) is 4.06. The van der Waals surface area contributed by atoms with Crippen LogP contribution < -0.4 is 0 Å². The van der Waals surface area contributed by atoms with Gasteiger partial charge in [-0.1, -0.05) is 18.2 Å². The maximum Gasteiger partial charge on any atom is 0.416 e. The minimum Gasteiger partial charge on any atom is -0.300 e. The molecule has 0 radical (unpaired) electrons. The van der Waals surface area contributed by atoms with Crippen molar-refractivity contribution in [3.8, 4) is 0 Å². The fourth-order valence-electron chi connectivity index (χ4n) is 1.22. The van der Waals surface area contributed by atoms with E-state index >= 15 is 0 Å². The Bertz CT molecular complexity index is 341. The third-order valence-electron chi connectivity index (χ3n) is 1.76. The van der Waals surface area contributed by atoms with Gasteiger partial charge in [0, 0.05) is 6.42 Å². The third-order valence-corrected chi connectivity index (χ3v) is 1.76. The van der Waals surface area contributed by atoms with Gasteiger partial charge in [-0.05, 0) is 18.6 Å². The molecule has 76 valence electrons. The van der Waals surface area contributed by atoms with Gasteiger partial charge in [0.15, 0.2) is 0 Å². The smallest absolute Gasteiger partial charge is 0.300 e. The first-order chi connectivity index (χ1) is 6.41. The van der Waals surface area contributed by atoms with E-state index in [9.17, 15) is 18.0 Å². The molecule has 0 aliphatic rings. The van der Waals surface area contributed by atoms with Crippen LogP contribution in [-0.4, -0.2) is 5.78 Å². The molecular formula is C10H9F3O. The summed E-state index contributed by atoms with van der Waals surface area (Å²) in [5.74, 6) is -0.276. The van der Waals surface area contributed by atoms with E-state index in [0.29, 0.717) is 0 Å². The second-order valence-corrected chi connectivity index (χ2v) is 3.03. The van der Waals surface area contributed by atoms with E-state index in [1.54, 1.807) is 0 Å². The minimum absolute atomic E-state index is 0.0347. The summed E-state index contributed by atoms with van der Waals surface area (Å²) in [5, 5.41) is 0. The summed E-state index contributed by atoms with van der Waals surface area (Å²) in [6.07, 6.45) is -4.55. The van der Waals surface area contributed by atoms with E-state index in [0.717, 1.165) is 6.07 Å². The fourth-order valence-corrected chi connectivity index (χ4v) is 1.22. The second-order valence-electron chi connectivity index (χ2n) is 3.03. The van der Waals surface area contributed by atoms with Crippen molar-refractivity contribution in [1.29, 1.82) is 0 Å². The molecule has 0 bridgehead atoms. The molecule has 0 amide bonds. The fraction of sp³-hybridized carbons (Fsp3) is 0.300. The van der Waals surface area contributed by atoms with Crippen molar-refractivity contribution >= 4 is 5.78 Å². The zero-order chi connectivity index (χ0) is 10.8. The Labute approximate surface area is 79.5 Å². The lowest BCUT2D eigenvalue weighted by atomic mass is 10.0. The van der Waals surface area contributed by atoms with Gasteiger partial charge < -0.3 is 0 Å². The molecular weight excluding hydrogens is 193 g/mol. The van der Waals surface area contributed by atoms with Crippen molar-refractivity contribution in [3.05, 3.63) is 35.4 Å². The van der Waals surface area contributed by atoms with Gasteiger partial charge in [0.1, 0.15) is 5.78 Å². The molecule has 0 unspecified atom stereocenters. The van der Waals surface area contributed by atoms with Gasteiger partial charge >= 0.3 is 6.18 Å². The van der Waals surface area contributed by atoms with Crippen molar-refractivity contribution in [2.75, 3.05) is 0 Å². The van der Waals surface area contributed by atoms with E-state index in [4.69, 9.17) is 0 Å². The average Bonchev–Trinajstić information content (AvgIpc) is 2.01. The summed E-state index contributed by atoms with van der Waals surface area (Å²) >= 11 is 0. The largest absolute Gasteiger partial charge is 0.416 e. The highest BCUT2D eigenvalue weighted by molar-refractivity contribution is 5.78. The van der Waals surface area contributed by atoms with Gasteiger partial charge in [0.25, 0.3) is 0 Å². The van der Waals surface area contributed by atoms with Crippen molar-refractivity contribution in [2.45, 2.75) is 19.5 Å². The number of Topliss-reactive ketones (excluding diaryl/α,β-unsaturated/α-hetero) is 1. The quantitative estimate of drug-likeness (QED) is 0.720. The molecule has 0 heterocycles. The van der Waals surface area contributed by atoms with Crippen LogP contribution in [-0.2, 0) is 17.4 Å². The Kier molecular flexibility index (Phi) is 2.93. The number of halogens is 3. The molecule has 0 saturated carbocycles. The predicted octanol–water partition coefficient (Wildman–Crippen LogP) is 2.84. The highest BCUT2D eigenvalue weighted by Crippen LogP contribution is 2.31. The SMILES string of the molecule is CC(=O)Cc1ccccc1C(F)(F)F. The van der Waals surface area contributed by atoms with Crippen LogP contribution in [0.25, 0.3) is 0 Å². The van der Waals surface area contributed by atoms with Crippen LogP contribution in [0.1, 0.15) is 18.1 Å². The first kappa shape index (κ1) is 10.8. The van der Waals surface area contributed by atoms with Gasteiger partial charge in [-0.25, -0.2) is 0 Å². The molecule has 1 aromatic rings. The number of carbonyl (C=O) groups excluding carboxylic acids is 1. The van der Waals surface area contributed by atoms with Gasteiger partial charge in [-0.3, -0.25) is 4.79 Å². The third kappa shape index (κ3) is 2.58. The Hall–Kier alpha value is -1.32. The molecule has 1 aromatic carbocycles. The molecule has 4 heteroatoms. The maximum absolute atomic E-state index is 12.4. The summed E-state index contributed by atoms with van der Waals surface area (Å²) in [7, 11) is 0. The Morgan fingerprint density at radius 2 is 1.86 bits per heavy atom. The highest BCUT2D eigenvalue weighted by atomic mass is 19.4. The van der Waals surface area contributed by atoms with Crippen molar-refractivity contribution < 1.29 is 18.0 Å². The van der Waals surface area contributed by atoms with E-state index < -0.39 is 11.7 Å². The Morgan fingerprint density at radius 1 is 1.29 bits per heavy atom. The van der Waals surface area contributed by atoms with Gasteiger partial charge in [-0.2, -0.15) is 13.2 Å². The van der Waals surface area contributed by atoms with E-state index in [1.165, 1.54) is 25.1 Å². The van der Waals surface area contributed by atoms with Crippen LogP contribution >= 0.6 is 0 Å². The standard InChI is InChI=1S/C10H9F3O/c1-7(14)6-8-4-2-3-5-9(8)10(11,12)13/h2-5H,6H2,1H3. The molecule has 1 nitrogen and oxygen atoms in total.